The van der Waals surface area contributed by atoms with E-state index < -0.39 is 0 Å². The molecule has 0 atom stereocenters. The zero-order valence-corrected chi connectivity index (χ0v) is 9.23. The molecule has 1 aromatic rings. The van der Waals surface area contributed by atoms with Crippen LogP contribution in [0, 0.1) is 6.92 Å². The Kier molecular flexibility index (Phi) is 5.77. The summed E-state index contributed by atoms with van der Waals surface area (Å²) in [6, 6.07) is 6.19. The fourth-order valence-corrected chi connectivity index (χ4v) is 1.21. The van der Waals surface area contributed by atoms with Gasteiger partial charge in [0.1, 0.15) is 0 Å². The Bertz CT molecular complexity index is 244. The molecule has 0 fully saturated rings. The first-order chi connectivity index (χ1) is 6.29. The molecular weight excluding hydrogens is 160 g/mol. The zero-order valence-electron chi connectivity index (χ0n) is 9.23. The highest BCUT2D eigenvalue weighted by atomic mass is 14.9. The average molecular weight is 180 g/mol. The minimum Gasteiger partial charge on any atom is -0.386 e. The molecule has 0 saturated carbocycles. The van der Waals surface area contributed by atoms with E-state index in [2.05, 4.69) is 29.7 Å². The summed E-state index contributed by atoms with van der Waals surface area (Å²) in [7, 11) is 3.86. The lowest BCUT2D eigenvalue weighted by atomic mass is 10.1. The Morgan fingerprint density at radius 2 is 1.62 bits per heavy atom. The van der Waals surface area contributed by atoms with Crippen molar-refractivity contribution in [3.05, 3.63) is 23.8 Å². The number of rotatable bonds is 2. The Balaban J connectivity index is 0.000000671. The first kappa shape index (κ1) is 11.8. The van der Waals surface area contributed by atoms with Crippen molar-refractivity contribution in [2.24, 2.45) is 0 Å². The molecule has 0 spiro atoms. The van der Waals surface area contributed by atoms with Crippen LogP contribution in [0.2, 0.25) is 0 Å². The largest absolute Gasteiger partial charge is 0.386 e. The molecule has 0 amide bonds. The Morgan fingerprint density at radius 3 is 2.00 bits per heavy atom. The summed E-state index contributed by atoms with van der Waals surface area (Å²) < 4.78 is 0. The van der Waals surface area contributed by atoms with Crippen molar-refractivity contribution in [2.75, 3.05) is 24.7 Å². The summed E-state index contributed by atoms with van der Waals surface area (Å²) in [6.45, 7) is 6.09. The third kappa shape index (κ3) is 2.98. The van der Waals surface area contributed by atoms with Crippen LogP contribution in [0.3, 0.4) is 0 Å². The van der Waals surface area contributed by atoms with E-state index >= 15 is 0 Å². The molecule has 74 valence electrons. The molecule has 0 unspecified atom stereocenters. The number of hydrogen-bond donors (Lipinski definition) is 2. The van der Waals surface area contributed by atoms with E-state index in [1.165, 1.54) is 11.3 Å². The van der Waals surface area contributed by atoms with E-state index in [1.54, 1.807) is 0 Å². The molecule has 13 heavy (non-hydrogen) atoms. The Hall–Kier alpha value is -1.18. The number of para-hydroxylation sites is 1. The van der Waals surface area contributed by atoms with Gasteiger partial charge in [-0.3, -0.25) is 0 Å². The van der Waals surface area contributed by atoms with Gasteiger partial charge in [0.15, 0.2) is 0 Å². The summed E-state index contributed by atoms with van der Waals surface area (Å²) in [4.78, 5) is 0. The molecule has 0 saturated heterocycles. The maximum Gasteiger partial charge on any atom is 0.0602 e. The second-order valence-electron chi connectivity index (χ2n) is 2.50. The predicted molar refractivity (Wildman–Crippen MR) is 61.6 cm³/mol. The van der Waals surface area contributed by atoms with Crippen LogP contribution >= 0.6 is 0 Å². The van der Waals surface area contributed by atoms with Gasteiger partial charge in [-0.2, -0.15) is 0 Å². The number of aryl methyl sites for hydroxylation is 1. The van der Waals surface area contributed by atoms with Crippen molar-refractivity contribution < 1.29 is 0 Å². The van der Waals surface area contributed by atoms with Crippen LogP contribution in [0.15, 0.2) is 18.2 Å². The number of anilines is 2. The SMILES string of the molecule is CC.CNc1cccc(C)c1NC. The van der Waals surface area contributed by atoms with Gasteiger partial charge >= 0.3 is 0 Å². The molecule has 0 radical (unpaired) electrons. The van der Waals surface area contributed by atoms with E-state index in [0.717, 1.165) is 5.69 Å². The molecule has 0 aliphatic carbocycles. The average Bonchev–Trinajstić information content (AvgIpc) is 2.20. The Labute approximate surface area is 81.4 Å². The van der Waals surface area contributed by atoms with Crippen molar-refractivity contribution in [3.63, 3.8) is 0 Å². The van der Waals surface area contributed by atoms with Gasteiger partial charge in [-0.1, -0.05) is 26.0 Å². The van der Waals surface area contributed by atoms with Crippen molar-refractivity contribution >= 4 is 11.4 Å². The monoisotopic (exact) mass is 180 g/mol. The van der Waals surface area contributed by atoms with Gasteiger partial charge in [-0.15, -0.1) is 0 Å². The van der Waals surface area contributed by atoms with Crippen LogP contribution in [0.5, 0.6) is 0 Å². The fourth-order valence-electron chi connectivity index (χ4n) is 1.21. The first-order valence-corrected chi connectivity index (χ1v) is 4.74. The zero-order chi connectivity index (χ0) is 10.3. The van der Waals surface area contributed by atoms with Crippen molar-refractivity contribution in [1.29, 1.82) is 0 Å². The van der Waals surface area contributed by atoms with Crippen molar-refractivity contribution in [3.8, 4) is 0 Å². The smallest absolute Gasteiger partial charge is 0.0602 e. The molecule has 0 aromatic heterocycles. The van der Waals surface area contributed by atoms with Gasteiger partial charge in [-0.05, 0) is 18.6 Å². The summed E-state index contributed by atoms with van der Waals surface area (Å²) in [5, 5.41) is 6.28. The summed E-state index contributed by atoms with van der Waals surface area (Å²) in [5.74, 6) is 0. The van der Waals surface area contributed by atoms with E-state index in [9.17, 15) is 0 Å². The van der Waals surface area contributed by atoms with Crippen LogP contribution < -0.4 is 10.6 Å². The molecule has 0 heterocycles. The molecule has 0 aliphatic heterocycles. The normalized spacial score (nSPS) is 8.38. The maximum atomic E-state index is 3.15. The highest BCUT2D eigenvalue weighted by molar-refractivity contribution is 5.71. The molecule has 2 heteroatoms. The lowest BCUT2D eigenvalue weighted by Gasteiger charge is -2.10. The van der Waals surface area contributed by atoms with E-state index in [-0.39, 0.29) is 0 Å². The number of hydrogen-bond acceptors (Lipinski definition) is 2. The van der Waals surface area contributed by atoms with E-state index in [4.69, 9.17) is 0 Å². The fraction of sp³-hybridized carbons (Fsp3) is 0.455. The van der Waals surface area contributed by atoms with Crippen LogP contribution in [0.4, 0.5) is 11.4 Å². The summed E-state index contributed by atoms with van der Waals surface area (Å²) in [5.41, 5.74) is 3.59. The van der Waals surface area contributed by atoms with Crippen LogP contribution in [0.25, 0.3) is 0 Å². The van der Waals surface area contributed by atoms with Crippen LogP contribution in [0.1, 0.15) is 19.4 Å². The molecule has 0 aliphatic rings. The van der Waals surface area contributed by atoms with E-state index in [1.807, 2.05) is 34.0 Å². The lowest BCUT2D eigenvalue weighted by molar-refractivity contribution is 1.38. The van der Waals surface area contributed by atoms with Gasteiger partial charge in [0.05, 0.1) is 11.4 Å². The molecule has 2 nitrogen and oxygen atoms in total. The number of nitrogens with one attached hydrogen (secondary N) is 2. The lowest BCUT2D eigenvalue weighted by Crippen LogP contribution is -1.98. The molecular formula is C11H20N2. The molecule has 2 N–H and O–H groups in total. The second-order valence-corrected chi connectivity index (χ2v) is 2.50. The highest BCUT2D eigenvalue weighted by Crippen LogP contribution is 2.23. The van der Waals surface area contributed by atoms with Crippen LogP contribution in [-0.4, -0.2) is 14.1 Å². The second kappa shape index (κ2) is 6.35. The van der Waals surface area contributed by atoms with Gasteiger partial charge in [0, 0.05) is 14.1 Å². The first-order valence-electron chi connectivity index (χ1n) is 4.74. The van der Waals surface area contributed by atoms with Crippen molar-refractivity contribution in [1.82, 2.24) is 0 Å². The summed E-state index contributed by atoms with van der Waals surface area (Å²) >= 11 is 0. The van der Waals surface area contributed by atoms with Gasteiger partial charge in [0.2, 0.25) is 0 Å². The Morgan fingerprint density at radius 1 is 1.00 bits per heavy atom. The molecule has 1 rings (SSSR count). The third-order valence-electron chi connectivity index (χ3n) is 1.79. The maximum absolute atomic E-state index is 3.15. The molecule has 0 bridgehead atoms. The van der Waals surface area contributed by atoms with Gasteiger partial charge in [-0.25, -0.2) is 0 Å². The quantitative estimate of drug-likeness (QED) is 0.730. The highest BCUT2D eigenvalue weighted by Gasteiger charge is 1.99. The third-order valence-corrected chi connectivity index (χ3v) is 1.79. The van der Waals surface area contributed by atoms with Gasteiger partial charge < -0.3 is 10.6 Å². The summed E-state index contributed by atoms with van der Waals surface area (Å²) in [6.07, 6.45) is 0. The minimum atomic E-state index is 1.15. The van der Waals surface area contributed by atoms with E-state index in [0.29, 0.717) is 0 Å². The predicted octanol–water partition coefficient (Wildman–Crippen LogP) is 3.10. The van der Waals surface area contributed by atoms with Gasteiger partial charge in [0.25, 0.3) is 0 Å². The number of benzene rings is 1. The standard InChI is InChI=1S/C9H14N2.C2H6/c1-7-5-4-6-8(10-2)9(7)11-3;1-2/h4-6,10-11H,1-3H3;1-2H3. The van der Waals surface area contributed by atoms with Crippen molar-refractivity contribution in [2.45, 2.75) is 20.8 Å². The topological polar surface area (TPSA) is 24.1 Å². The molecule has 1 aromatic carbocycles. The van der Waals surface area contributed by atoms with Crippen LogP contribution in [-0.2, 0) is 0 Å². The minimum absolute atomic E-state index is 1.15.